The first-order valence-electron chi connectivity index (χ1n) is 10.3. The largest absolute Gasteiger partial charge is 0.493 e. The van der Waals surface area contributed by atoms with Crippen molar-refractivity contribution in [2.24, 2.45) is 0 Å². The van der Waals surface area contributed by atoms with Gasteiger partial charge in [0.1, 0.15) is 0 Å². The topological polar surface area (TPSA) is 243 Å². The number of aromatic hydroxyl groups is 4. The molecule has 0 bridgehead atoms. The third-order valence-corrected chi connectivity index (χ3v) is 5.44. The minimum atomic E-state index is -1.06. The highest BCUT2D eigenvalue weighted by molar-refractivity contribution is 6.03. The van der Waals surface area contributed by atoms with Crippen LogP contribution in [0.3, 0.4) is 0 Å². The van der Waals surface area contributed by atoms with Gasteiger partial charge in [0.05, 0.1) is 32.7 Å². The second-order valence-corrected chi connectivity index (χ2v) is 7.86. The van der Waals surface area contributed by atoms with Crippen molar-refractivity contribution in [2.45, 2.75) is 0 Å². The average molecular weight is 520 g/mol. The second kappa shape index (κ2) is 8.26. The van der Waals surface area contributed by atoms with Crippen LogP contribution in [-0.2, 0) is 0 Å². The minimum absolute atomic E-state index is 0.326. The Bertz CT molecular complexity index is 1790. The van der Waals surface area contributed by atoms with Gasteiger partial charge in [-0.2, -0.15) is 19.3 Å². The zero-order valence-corrected chi connectivity index (χ0v) is 18.5. The first-order valence-corrected chi connectivity index (χ1v) is 10.3. The normalized spacial score (nSPS) is 11.2. The van der Waals surface area contributed by atoms with Crippen LogP contribution in [0.1, 0.15) is 20.7 Å². The second-order valence-electron chi connectivity index (χ2n) is 7.86. The Kier molecular flexibility index (Phi) is 5.15. The molecule has 0 saturated carbocycles. The molecule has 4 heterocycles. The van der Waals surface area contributed by atoms with Crippen LogP contribution in [-0.4, -0.2) is 51.6 Å². The number of nitrogens with one attached hydrogen (secondary N) is 2. The van der Waals surface area contributed by atoms with Crippen molar-refractivity contribution in [1.29, 1.82) is 0 Å². The molecular weight excluding hydrogens is 508 g/mol. The lowest BCUT2D eigenvalue weighted by Crippen LogP contribution is -2.38. The first kappa shape index (κ1) is 23.7. The number of hydrogen-bond donors (Lipinski definition) is 6. The van der Waals surface area contributed by atoms with Gasteiger partial charge in [0.2, 0.25) is 23.5 Å². The fraction of sp³-hybridized carbons (Fsp3) is 0. The van der Waals surface area contributed by atoms with Crippen molar-refractivity contribution in [2.75, 3.05) is 10.9 Å². The van der Waals surface area contributed by atoms with Gasteiger partial charge in [-0.1, -0.05) is 0 Å². The summed E-state index contributed by atoms with van der Waals surface area (Å²) in [5.41, 5.74) is -0.817. The molecule has 190 valence electrons. The first-order chi connectivity index (χ1) is 17.9. The molecule has 4 aromatic heterocycles. The Labute approximate surface area is 206 Å². The molecule has 0 unspecified atom stereocenters. The molecule has 0 aliphatic rings. The molecule has 0 fully saturated rings. The smallest absolute Gasteiger partial charge is 0.280 e. The van der Waals surface area contributed by atoms with E-state index >= 15 is 0 Å². The number of fused-ring (bicyclic) bond motifs is 2. The molecule has 6 N–H and O–H groups in total. The molecule has 38 heavy (non-hydrogen) atoms. The van der Waals surface area contributed by atoms with Gasteiger partial charge in [-0.25, -0.2) is 0 Å². The molecule has 0 aliphatic heterocycles. The summed E-state index contributed by atoms with van der Waals surface area (Å²) >= 11 is 0. The van der Waals surface area contributed by atoms with Crippen LogP contribution in [0.15, 0.2) is 55.6 Å². The lowest BCUT2D eigenvalue weighted by Gasteiger charge is -2.05. The van der Waals surface area contributed by atoms with E-state index in [2.05, 4.69) is 9.97 Å². The third kappa shape index (κ3) is 3.73. The molecule has 2 amide bonds. The van der Waals surface area contributed by atoms with Gasteiger partial charge < -0.3 is 20.4 Å². The zero-order valence-electron chi connectivity index (χ0n) is 18.5. The van der Waals surface area contributed by atoms with Crippen molar-refractivity contribution in [3.8, 4) is 23.5 Å². The van der Waals surface area contributed by atoms with Crippen LogP contribution >= 0.6 is 0 Å². The van der Waals surface area contributed by atoms with Crippen molar-refractivity contribution in [3.05, 3.63) is 88.9 Å². The maximum Gasteiger partial charge on any atom is 0.280 e. The van der Waals surface area contributed by atoms with E-state index in [4.69, 9.17) is 0 Å². The SMILES string of the molecule is O=C(Nn1c(=O)c2cc3c(=O)n(NC(=O)c4cc(O)nc(O)c4)c(=O)c3cc2c1=O)c1cc(O)nc(O)c1. The van der Waals surface area contributed by atoms with Gasteiger partial charge in [-0.15, -0.1) is 0 Å². The monoisotopic (exact) mass is 520 g/mol. The van der Waals surface area contributed by atoms with E-state index in [-0.39, 0.29) is 32.7 Å². The number of nitrogens with zero attached hydrogens (tertiary/aromatic N) is 4. The molecule has 5 rings (SSSR count). The standard InChI is InChI=1S/C22H12N6O10/c29-13-1-7(2-14(30)23-13)17(33)25-27-19(35)9-5-11-12(6-10(9)20(27)36)22(38)28(21(11)37)26-18(34)8-3-15(31)24-16(32)4-8/h1-6H,(H,25,33)(H,26,34)(H2,23,29,30)(H2,24,31,32). The predicted octanol–water partition coefficient (Wildman–Crippen LogP) is -1.71. The van der Waals surface area contributed by atoms with E-state index in [0.717, 1.165) is 36.4 Å². The quantitative estimate of drug-likeness (QED) is 0.155. The number of benzene rings is 1. The highest BCUT2D eigenvalue weighted by atomic mass is 16.3. The van der Waals surface area contributed by atoms with Crippen LogP contribution in [0.4, 0.5) is 0 Å². The molecule has 0 aliphatic carbocycles. The molecular formula is C22H12N6O10. The Morgan fingerprint density at radius 3 is 1.05 bits per heavy atom. The highest BCUT2D eigenvalue weighted by Crippen LogP contribution is 2.18. The summed E-state index contributed by atoms with van der Waals surface area (Å²) < 4.78 is 0.654. The molecule has 16 heteroatoms. The Morgan fingerprint density at radius 1 is 0.526 bits per heavy atom. The summed E-state index contributed by atoms with van der Waals surface area (Å²) in [7, 11) is 0. The number of carbonyl (C=O) groups is 2. The van der Waals surface area contributed by atoms with Crippen LogP contribution in [0.5, 0.6) is 23.5 Å². The predicted molar refractivity (Wildman–Crippen MR) is 127 cm³/mol. The fourth-order valence-corrected chi connectivity index (χ4v) is 3.77. The maximum absolute atomic E-state index is 12.9. The third-order valence-electron chi connectivity index (χ3n) is 5.44. The summed E-state index contributed by atoms with van der Waals surface area (Å²) in [5, 5.41) is 36.5. The van der Waals surface area contributed by atoms with E-state index in [9.17, 15) is 49.2 Å². The fourth-order valence-electron chi connectivity index (χ4n) is 3.77. The lowest BCUT2D eigenvalue weighted by molar-refractivity contribution is 0.0998. The number of rotatable bonds is 4. The van der Waals surface area contributed by atoms with Crippen molar-refractivity contribution < 1.29 is 30.0 Å². The van der Waals surface area contributed by atoms with Gasteiger partial charge >= 0.3 is 0 Å². The maximum atomic E-state index is 12.9. The molecule has 0 radical (unpaired) electrons. The van der Waals surface area contributed by atoms with E-state index in [1.165, 1.54) is 0 Å². The van der Waals surface area contributed by atoms with Gasteiger partial charge in [-0.05, 0) is 12.1 Å². The summed E-state index contributed by atoms with van der Waals surface area (Å²) in [5.74, 6) is -4.90. The van der Waals surface area contributed by atoms with E-state index in [1.54, 1.807) is 0 Å². The molecule has 1 aromatic carbocycles. The summed E-state index contributed by atoms with van der Waals surface area (Å²) in [6.07, 6.45) is 0. The van der Waals surface area contributed by atoms with Gasteiger partial charge in [0, 0.05) is 24.3 Å². The number of pyridine rings is 2. The lowest BCUT2D eigenvalue weighted by atomic mass is 10.1. The molecule has 16 nitrogen and oxygen atoms in total. The van der Waals surface area contributed by atoms with Gasteiger partial charge in [-0.3, -0.25) is 39.6 Å². The average Bonchev–Trinajstić information content (AvgIpc) is 3.21. The van der Waals surface area contributed by atoms with E-state index in [0.29, 0.717) is 9.35 Å². The van der Waals surface area contributed by atoms with Gasteiger partial charge in [0.25, 0.3) is 34.1 Å². The van der Waals surface area contributed by atoms with Crippen LogP contribution < -0.4 is 33.1 Å². The van der Waals surface area contributed by atoms with Gasteiger partial charge in [0.15, 0.2) is 0 Å². The molecule has 0 saturated heterocycles. The number of carbonyl (C=O) groups excluding carboxylic acids is 2. The van der Waals surface area contributed by atoms with Crippen LogP contribution in [0.25, 0.3) is 21.5 Å². The number of hydrogen-bond acceptors (Lipinski definition) is 12. The van der Waals surface area contributed by atoms with E-state index < -0.39 is 57.6 Å². The van der Waals surface area contributed by atoms with E-state index in [1.807, 2.05) is 10.9 Å². The Hall–Kier alpha value is -6.06. The summed E-state index contributed by atoms with van der Waals surface area (Å²) in [4.78, 5) is 82.9. The van der Waals surface area contributed by atoms with Crippen molar-refractivity contribution in [1.82, 2.24) is 19.3 Å². The van der Waals surface area contributed by atoms with Crippen LogP contribution in [0, 0.1) is 0 Å². The minimum Gasteiger partial charge on any atom is -0.493 e. The summed E-state index contributed by atoms with van der Waals surface area (Å²) in [6, 6.07) is 5.40. The molecule has 0 spiro atoms. The Morgan fingerprint density at radius 2 is 0.789 bits per heavy atom. The van der Waals surface area contributed by atoms with Crippen molar-refractivity contribution in [3.63, 3.8) is 0 Å². The zero-order chi connectivity index (χ0) is 27.5. The Balaban J connectivity index is 1.56. The number of amides is 2. The van der Waals surface area contributed by atoms with Crippen molar-refractivity contribution >= 4 is 33.4 Å². The number of aromatic nitrogens is 4. The molecule has 5 aromatic rings. The van der Waals surface area contributed by atoms with Crippen LogP contribution in [0.2, 0.25) is 0 Å². The summed E-state index contributed by atoms with van der Waals surface area (Å²) in [6.45, 7) is 0. The molecule has 0 atom stereocenters. The highest BCUT2D eigenvalue weighted by Gasteiger charge is 2.22.